The summed E-state index contributed by atoms with van der Waals surface area (Å²) in [6, 6.07) is 12.6. The van der Waals surface area contributed by atoms with Crippen LogP contribution in [-0.4, -0.2) is 50.9 Å². The van der Waals surface area contributed by atoms with Crippen molar-refractivity contribution in [1.29, 1.82) is 0 Å². The van der Waals surface area contributed by atoms with Crippen molar-refractivity contribution in [3.8, 4) is 0 Å². The first-order valence-corrected chi connectivity index (χ1v) is 11.9. The number of hydrogen-bond donors (Lipinski definition) is 1. The third-order valence-corrected chi connectivity index (χ3v) is 5.85. The van der Waals surface area contributed by atoms with Gasteiger partial charge >= 0.3 is 17.7 Å². The Morgan fingerprint density at radius 1 is 1.06 bits per heavy atom. The van der Waals surface area contributed by atoms with E-state index in [0.717, 1.165) is 35.3 Å². The number of benzene rings is 2. The van der Waals surface area contributed by atoms with E-state index in [2.05, 4.69) is 24.1 Å². The van der Waals surface area contributed by atoms with Crippen molar-refractivity contribution in [3.63, 3.8) is 0 Å². The Kier molecular flexibility index (Phi) is 9.08. The number of anilines is 1. The van der Waals surface area contributed by atoms with E-state index in [1.165, 1.54) is 5.06 Å². The summed E-state index contributed by atoms with van der Waals surface area (Å²) >= 11 is 0. The molecule has 0 atom stereocenters. The molecular weight excluding hydrogens is 462 g/mol. The van der Waals surface area contributed by atoms with Crippen LogP contribution < -0.4 is 15.8 Å². The van der Waals surface area contributed by atoms with Crippen molar-refractivity contribution in [2.75, 3.05) is 38.7 Å². The predicted molar refractivity (Wildman–Crippen MR) is 138 cm³/mol. The molecule has 0 aliphatic rings. The lowest BCUT2D eigenvalue weighted by atomic mass is 10.0. The van der Waals surface area contributed by atoms with Gasteiger partial charge in [-0.2, -0.15) is 0 Å². The largest absolute Gasteiger partial charge is 0.449 e. The molecule has 1 heterocycles. The van der Waals surface area contributed by atoms with Gasteiger partial charge in [0.05, 0.1) is 12.2 Å². The number of hydrogen-bond acceptors (Lipinski definition) is 8. The molecule has 0 unspecified atom stereocenters. The number of fused-ring (bicyclic) bond motifs is 1. The van der Waals surface area contributed by atoms with Gasteiger partial charge in [-0.05, 0) is 56.2 Å². The second-order valence-electron chi connectivity index (χ2n) is 8.48. The molecule has 36 heavy (non-hydrogen) atoms. The smallest absolute Gasteiger partial charge is 0.407 e. The third-order valence-electron chi connectivity index (χ3n) is 5.85. The van der Waals surface area contributed by atoms with Crippen LogP contribution in [0, 0.1) is 6.92 Å². The van der Waals surface area contributed by atoms with Gasteiger partial charge < -0.3 is 24.2 Å². The van der Waals surface area contributed by atoms with Gasteiger partial charge in [0.25, 0.3) is 0 Å². The Morgan fingerprint density at radius 3 is 2.50 bits per heavy atom. The van der Waals surface area contributed by atoms with Crippen molar-refractivity contribution >= 4 is 28.7 Å². The van der Waals surface area contributed by atoms with Crippen LogP contribution in [0.25, 0.3) is 11.0 Å². The van der Waals surface area contributed by atoms with Crippen molar-refractivity contribution in [3.05, 3.63) is 75.1 Å². The fourth-order valence-corrected chi connectivity index (χ4v) is 3.96. The molecule has 9 nitrogen and oxygen atoms in total. The second kappa shape index (κ2) is 12.2. The number of nitrogens with zero attached hydrogens (tertiary/aromatic N) is 2. The average molecular weight is 496 g/mol. The lowest BCUT2D eigenvalue weighted by Gasteiger charge is -2.21. The van der Waals surface area contributed by atoms with E-state index in [-0.39, 0.29) is 19.6 Å². The van der Waals surface area contributed by atoms with E-state index in [0.29, 0.717) is 16.7 Å². The van der Waals surface area contributed by atoms with Crippen LogP contribution in [0.5, 0.6) is 0 Å². The average Bonchev–Trinajstić information content (AvgIpc) is 2.85. The van der Waals surface area contributed by atoms with E-state index in [1.807, 2.05) is 25.1 Å². The molecule has 1 aromatic heterocycles. The van der Waals surface area contributed by atoms with Crippen LogP contribution in [0.2, 0.25) is 0 Å². The molecule has 192 valence electrons. The van der Waals surface area contributed by atoms with Gasteiger partial charge in [-0.3, -0.25) is 0 Å². The maximum atomic E-state index is 12.6. The van der Waals surface area contributed by atoms with Gasteiger partial charge in [-0.15, -0.1) is 5.06 Å². The van der Waals surface area contributed by atoms with E-state index in [1.54, 1.807) is 38.4 Å². The molecule has 0 fully saturated rings. The molecule has 3 rings (SSSR count). The number of rotatable bonds is 10. The maximum absolute atomic E-state index is 12.6. The first-order chi connectivity index (χ1) is 17.2. The highest BCUT2D eigenvalue weighted by Gasteiger charge is 2.14. The number of ether oxygens (including phenoxy) is 1. The van der Waals surface area contributed by atoms with Gasteiger partial charge in [0.2, 0.25) is 0 Å². The summed E-state index contributed by atoms with van der Waals surface area (Å²) in [6.07, 6.45) is -0.385. The molecule has 2 aromatic carbocycles. The van der Waals surface area contributed by atoms with Crippen molar-refractivity contribution in [1.82, 2.24) is 10.4 Å². The van der Waals surface area contributed by atoms with Crippen LogP contribution in [0.4, 0.5) is 10.5 Å². The van der Waals surface area contributed by atoms with Gasteiger partial charge in [-0.1, -0.05) is 12.1 Å². The summed E-state index contributed by atoms with van der Waals surface area (Å²) in [4.78, 5) is 44.0. The standard InChI is InChI=1S/C27H33N3O6/c1-6-30(7-2)21-11-12-22-18(3)23(26(32)35-24(22)16-21)13-14-34-27(33)28-17-19-9-8-10-20(15-19)25(31)36-29(4)5/h8-12,15-16H,6-7,13-14,17H2,1-5H3,(H,28,33). The number of aryl methyl sites for hydroxylation is 1. The van der Waals surface area contributed by atoms with Crippen LogP contribution in [-0.2, 0) is 22.5 Å². The zero-order valence-electron chi connectivity index (χ0n) is 21.4. The third kappa shape index (κ3) is 6.63. The van der Waals surface area contributed by atoms with Crippen LogP contribution in [0.15, 0.2) is 51.7 Å². The fraction of sp³-hybridized carbons (Fsp3) is 0.370. The zero-order chi connectivity index (χ0) is 26.2. The molecule has 0 bridgehead atoms. The highest BCUT2D eigenvalue weighted by molar-refractivity contribution is 5.89. The number of alkyl carbamates (subject to hydrolysis) is 1. The van der Waals surface area contributed by atoms with E-state index < -0.39 is 17.7 Å². The fourth-order valence-electron chi connectivity index (χ4n) is 3.96. The zero-order valence-corrected chi connectivity index (χ0v) is 21.4. The summed E-state index contributed by atoms with van der Waals surface area (Å²) in [5, 5.41) is 4.82. The minimum atomic E-state index is -0.622. The topological polar surface area (TPSA) is 101 Å². The number of hydroxylamine groups is 2. The summed E-state index contributed by atoms with van der Waals surface area (Å²) in [7, 11) is 3.23. The van der Waals surface area contributed by atoms with Crippen molar-refractivity contribution in [2.45, 2.75) is 33.7 Å². The minimum absolute atomic E-state index is 0.0235. The van der Waals surface area contributed by atoms with Gasteiger partial charge in [0.1, 0.15) is 5.58 Å². The Balaban J connectivity index is 1.58. The number of amides is 1. The molecule has 0 saturated carbocycles. The van der Waals surface area contributed by atoms with Crippen molar-refractivity contribution in [2.24, 2.45) is 0 Å². The lowest BCUT2D eigenvalue weighted by molar-refractivity contribution is -0.0713. The van der Waals surface area contributed by atoms with E-state index in [4.69, 9.17) is 14.0 Å². The molecule has 0 radical (unpaired) electrons. The monoisotopic (exact) mass is 495 g/mol. The Bertz CT molecular complexity index is 1280. The number of carbonyl (C=O) groups excluding carboxylic acids is 2. The first-order valence-electron chi connectivity index (χ1n) is 11.9. The highest BCUT2D eigenvalue weighted by atomic mass is 16.7. The Morgan fingerprint density at radius 2 is 1.81 bits per heavy atom. The summed E-state index contributed by atoms with van der Waals surface area (Å²) in [5.74, 6) is -0.488. The second-order valence-corrected chi connectivity index (χ2v) is 8.48. The Hall–Kier alpha value is -3.85. The molecule has 9 heteroatoms. The van der Waals surface area contributed by atoms with Gasteiger partial charge in [0, 0.05) is 62.9 Å². The van der Waals surface area contributed by atoms with E-state index in [9.17, 15) is 14.4 Å². The molecule has 0 spiro atoms. The molecule has 1 amide bonds. The summed E-state index contributed by atoms with van der Waals surface area (Å²) in [5.41, 5.74) is 3.51. The maximum Gasteiger partial charge on any atom is 0.407 e. The van der Waals surface area contributed by atoms with Crippen LogP contribution in [0.1, 0.15) is 40.9 Å². The normalized spacial score (nSPS) is 10.9. The Labute approximate surface area is 210 Å². The molecule has 3 aromatic rings. The molecular formula is C27H33N3O6. The number of nitrogens with one attached hydrogen (secondary N) is 1. The van der Waals surface area contributed by atoms with E-state index >= 15 is 0 Å². The predicted octanol–water partition coefficient (Wildman–Crippen LogP) is 4.05. The summed E-state index contributed by atoms with van der Waals surface area (Å²) in [6.45, 7) is 7.94. The van der Waals surface area contributed by atoms with Crippen LogP contribution in [0.3, 0.4) is 0 Å². The quantitative estimate of drug-likeness (QED) is 0.332. The SMILES string of the molecule is CCN(CC)c1ccc2c(C)c(CCOC(=O)NCc3cccc(C(=O)ON(C)C)c3)c(=O)oc2c1. The molecule has 0 aliphatic heterocycles. The minimum Gasteiger partial charge on any atom is -0.449 e. The van der Waals surface area contributed by atoms with Gasteiger partial charge in [-0.25, -0.2) is 14.4 Å². The molecule has 1 N–H and O–H groups in total. The van der Waals surface area contributed by atoms with Crippen molar-refractivity contribution < 1.29 is 23.6 Å². The molecule has 0 saturated heterocycles. The lowest BCUT2D eigenvalue weighted by Crippen LogP contribution is -2.25. The van der Waals surface area contributed by atoms with Gasteiger partial charge in [0.15, 0.2) is 0 Å². The highest BCUT2D eigenvalue weighted by Crippen LogP contribution is 2.25. The van der Waals surface area contributed by atoms with Crippen LogP contribution >= 0.6 is 0 Å². The first kappa shape index (κ1) is 26.7. The summed E-state index contributed by atoms with van der Waals surface area (Å²) < 4.78 is 10.9. The number of carbonyl (C=O) groups is 2. The molecule has 0 aliphatic carbocycles.